The number of aromatic nitrogens is 4. The van der Waals surface area contributed by atoms with Gasteiger partial charge in [0, 0.05) is 6.42 Å². The highest BCUT2D eigenvalue weighted by molar-refractivity contribution is 5.77. The molecule has 28 heavy (non-hydrogen) atoms. The first-order valence-corrected chi connectivity index (χ1v) is 9.13. The van der Waals surface area contributed by atoms with Gasteiger partial charge in [0.1, 0.15) is 11.6 Å². The van der Waals surface area contributed by atoms with E-state index in [1.165, 1.54) is 0 Å². The van der Waals surface area contributed by atoms with Crippen molar-refractivity contribution in [3.8, 4) is 5.75 Å². The summed E-state index contributed by atoms with van der Waals surface area (Å²) in [5.41, 5.74) is 1.70. The van der Waals surface area contributed by atoms with Crippen LogP contribution in [0.5, 0.6) is 5.75 Å². The average molecular weight is 376 g/mol. The van der Waals surface area contributed by atoms with Crippen molar-refractivity contribution in [2.75, 3.05) is 0 Å². The van der Waals surface area contributed by atoms with Crippen LogP contribution in [0.3, 0.4) is 0 Å². The third-order valence-electron chi connectivity index (χ3n) is 4.42. The number of fused-ring (bicyclic) bond motifs is 1. The summed E-state index contributed by atoms with van der Waals surface area (Å²) >= 11 is 0. The Morgan fingerprint density at radius 3 is 2.79 bits per heavy atom. The minimum atomic E-state index is -0.107. The van der Waals surface area contributed by atoms with Crippen molar-refractivity contribution in [2.45, 2.75) is 33.4 Å². The number of benzene rings is 2. The van der Waals surface area contributed by atoms with E-state index < -0.39 is 0 Å². The third-order valence-corrected chi connectivity index (χ3v) is 4.42. The van der Waals surface area contributed by atoms with Gasteiger partial charge in [-0.1, -0.05) is 36.3 Å². The van der Waals surface area contributed by atoms with Crippen LogP contribution in [-0.2, 0) is 19.6 Å². The number of nitrogens with zero attached hydrogens (tertiary/aromatic N) is 4. The Kier molecular flexibility index (Phi) is 4.89. The zero-order valence-corrected chi connectivity index (χ0v) is 15.8. The summed E-state index contributed by atoms with van der Waals surface area (Å²) in [6, 6.07) is 15.1. The van der Waals surface area contributed by atoms with Crippen LogP contribution in [0.1, 0.15) is 30.0 Å². The van der Waals surface area contributed by atoms with E-state index in [0.717, 1.165) is 11.3 Å². The lowest BCUT2D eigenvalue weighted by molar-refractivity contribution is 0.242. The van der Waals surface area contributed by atoms with E-state index in [1.807, 2.05) is 56.3 Å². The van der Waals surface area contributed by atoms with E-state index in [1.54, 1.807) is 10.6 Å². The highest BCUT2D eigenvalue weighted by Crippen LogP contribution is 2.14. The topological polar surface area (TPSA) is 83.0 Å². The standard InChI is InChI=1S/C21H20N4O3/c1-3-19-22-17-10-5-4-9-16(17)21(26)25(19)12-18-23-20(28-24-18)13-27-15-8-6-7-14(2)11-15/h4-11H,3,12-13H2,1-2H3. The highest BCUT2D eigenvalue weighted by atomic mass is 16.5. The minimum absolute atomic E-state index is 0.107. The maximum absolute atomic E-state index is 12.9. The maximum atomic E-state index is 12.9. The summed E-state index contributed by atoms with van der Waals surface area (Å²) in [4.78, 5) is 21.8. The number of para-hydroxylation sites is 1. The second-order valence-electron chi connectivity index (χ2n) is 6.50. The van der Waals surface area contributed by atoms with E-state index in [2.05, 4.69) is 15.1 Å². The van der Waals surface area contributed by atoms with Crippen molar-refractivity contribution in [2.24, 2.45) is 0 Å². The van der Waals surface area contributed by atoms with Crippen LogP contribution in [0, 0.1) is 6.92 Å². The van der Waals surface area contributed by atoms with Gasteiger partial charge in [-0.3, -0.25) is 9.36 Å². The third kappa shape index (κ3) is 3.64. The van der Waals surface area contributed by atoms with Gasteiger partial charge in [0.2, 0.25) is 0 Å². The molecule has 7 nitrogen and oxygen atoms in total. The quantitative estimate of drug-likeness (QED) is 0.514. The van der Waals surface area contributed by atoms with Crippen LogP contribution in [0.2, 0.25) is 0 Å². The molecule has 0 amide bonds. The molecule has 0 spiro atoms. The predicted molar refractivity (Wildman–Crippen MR) is 104 cm³/mol. The van der Waals surface area contributed by atoms with Crippen molar-refractivity contribution >= 4 is 10.9 Å². The Morgan fingerprint density at radius 1 is 1.11 bits per heavy atom. The van der Waals surface area contributed by atoms with Gasteiger partial charge in [-0.25, -0.2) is 4.98 Å². The smallest absolute Gasteiger partial charge is 0.264 e. The van der Waals surface area contributed by atoms with Crippen molar-refractivity contribution in [1.82, 2.24) is 19.7 Å². The van der Waals surface area contributed by atoms with Crippen molar-refractivity contribution in [3.63, 3.8) is 0 Å². The predicted octanol–water partition coefficient (Wildman–Crippen LogP) is 3.28. The molecule has 2 aromatic heterocycles. The molecule has 7 heteroatoms. The summed E-state index contributed by atoms with van der Waals surface area (Å²) in [7, 11) is 0. The molecule has 0 N–H and O–H groups in total. The number of hydrogen-bond donors (Lipinski definition) is 0. The number of rotatable bonds is 6. The molecule has 2 aromatic carbocycles. The Morgan fingerprint density at radius 2 is 1.96 bits per heavy atom. The summed E-state index contributed by atoms with van der Waals surface area (Å²) in [6.07, 6.45) is 0.626. The molecule has 0 aliphatic heterocycles. The van der Waals surface area contributed by atoms with Gasteiger partial charge in [-0.15, -0.1) is 0 Å². The zero-order chi connectivity index (χ0) is 19.5. The molecule has 0 saturated carbocycles. The van der Waals surface area contributed by atoms with E-state index in [-0.39, 0.29) is 18.7 Å². The van der Waals surface area contributed by atoms with Gasteiger partial charge in [-0.2, -0.15) is 4.98 Å². The van der Waals surface area contributed by atoms with Gasteiger partial charge < -0.3 is 9.26 Å². The molecule has 2 heterocycles. The Balaban J connectivity index is 1.55. The molecule has 0 bridgehead atoms. The minimum Gasteiger partial charge on any atom is -0.484 e. The SMILES string of the molecule is CCc1nc2ccccc2c(=O)n1Cc1noc(COc2cccc(C)c2)n1. The second-order valence-corrected chi connectivity index (χ2v) is 6.50. The molecule has 0 unspecified atom stereocenters. The highest BCUT2D eigenvalue weighted by Gasteiger charge is 2.14. The van der Waals surface area contributed by atoms with Crippen LogP contribution in [-0.4, -0.2) is 19.7 Å². The lowest BCUT2D eigenvalue weighted by atomic mass is 10.2. The van der Waals surface area contributed by atoms with Crippen molar-refractivity contribution in [3.05, 3.63) is 82.0 Å². The van der Waals surface area contributed by atoms with E-state index in [0.29, 0.717) is 34.9 Å². The molecule has 0 atom stereocenters. The van der Waals surface area contributed by atoms with E-state index in [4.69, 9.17) is 9.26 Å². The largest absolute Gasteiger partial charge is 0.484 e. The molecule has 0 aliphatic rings. The van der Waals surface area contributed by atoms with Gasteiger partial charge in [0.15, 0.2) is 12.4 Å². The first-order valence-electron chi connectivity index (χ1n) is 9.13. The molecule has 142 valence electrons. The monoisotopic (exact) mass is 376 g/mol. The van der Waals surface area contributed by atoms with Crippen molar-refractivity contribution < 1.29 is 9.26 Å². The van der Waals surface area contributed by atoms with Crippen LogP contribution in [0.4, 0.5) is 0 Å². The van der Waals surface area contributed by atoms with E-state index >= 15 is 0 Å². The molecular formula is C21H20N4O3. The molecule has 0 aliphatic carbocycles. The number of hydrogen-bond acceptors (Lipinski definition) is 6. The Bertz CT molecular complexity index is 1180. The molecule has 4 aromatic rings. The van der Waals surface area contributed by atoms with Crippen LogP contribution in [0.15, 0.2) is 57.8 Å². The van der Waals surface area contributed by atoms with E-state index in [9.17, 15) is 4.79 Å². The Labute approximate surface area is 161 Å². The van der Waals surface area contributed by atoms with Crippen LogP contribution >= 0.6 is 0 Å². The second kappa shape index (κ2) is 7.64. The molecule has 0 saturated heterocycles. The first kappa shape index (κ1) is 17.9. The van der Waals surface area contributed by atoms with Gasteiger partial charge >= 0.3 is 0 Å². The van der Waals surface area contributed by atoms with Crippen molar-refractivity contribution in [1.29, 1.82) is 0 Å². The molecular weight excluding hydrogens is 356 g/mol. The fourth-order valence-electron chi connectivity index (χ4n) is 3.05. The molecule has 0 radical (unpaired) electrons. The number of ether oxygens (including phenoxy) is 1. The Hall–Kier alpha value is -3.48. The number of aryl methyl sites for hydroxylation is 2. The van der Waals surface area contributed by atoms with Gasteiger partial charge in [0.05, 0.1) is 17.4 Å². The first-order chi connectivity index (χ1) is 13.6. The fraction of sp³-hybridized carbons (Fsp3) is 0.238. The fourth-order valence-corrected chi connectivity index (χ4v) is 3.05. The van der Waals surface area contributed by atoms with Crippen LogP contribution in [0.25, 0.3) is 10.9 Å². The lowest BCUT2D eigenvalue weighted by Gasteiger charge is -2.10. The summed E-state index contributed by atoms with van der Waals surface area (Å²) in [5, 5.41) is 4.56. The average Bonchev–Trinajstić information content (AvgIpc) is 3.16. The lowest BCUT2D eigenvalue weighted by Crippen LogP contribution is -2.26. The normalized spacial score (nSPS) is 11.1. The maximum Gasteiger partial charge on any atom is 0.264 e. The van der Waals surface area contributed by atoms with Crippen LogP contribution < -0.4 is 10.3 Å². The zero-order valence-electron chi connectivity index (χ0n) is 15.8. The van der Waals surface area contributed by atoms with Gasteiger partial charge in [0.25, 0.3) is 11.4 Å². The summed E-state index contributed by atoms with van der Waals surface area (Å²) in [5.74, 6) is 2.20. The van der Waals surface area contributed by atoms with Gasteiger partial charge in [-0.05, 0) is 36.8 Å². The molecule has 0 fully saturated rings. The summed E-state index contributed by atoms with van der Waals surface area (Å²) < 4.78 is 12.5. The summed E-state index contributed by atoms with van der Waals surface area (Å²) in [6.45, 7) is 4.33. The molecule has 4 rings (SSSR count).